The van der Waals surface area contributed by atoms with Gasteiger partial charge in [0.25, 0.3) is 5.91 Å². The first-order valence-corrected chi connectivity index (χ1v) is 8.43. The molecule has 0 bridgehead atoms. The van der Waals surface area contributed by atoms with E-state index in [2.05, 4.69) is 5.32 Å². The van der Waals surface area contributed by atoms with Gasteiger partial charge in [0.05, 0.1) is 11.4 Å². The fourth-order valence-corrected chi connectivity index (χ4v) is 3.00. The number of amides is 2. The number of nitrogens with one attached hydrogen (secondary N) is 1. The Labute approximate surface area is 154 Å². The second-order valence-corrected chi connectivity index (χ2v) is 6.19. The molecule has 1 aromatic heterocycles. The Hall–Kier alpha value is -3.61. The summed E-state index contributed by atoms with van der Waals surface area (Å²) in [6.45, 7) is 1.33. The molecule has 1 aliphatic heterocycles. The summed E-state index contributed by atoms with van der Waals surface area (Å²) >= 11 is 0. The molecule has 2 aromatic carbocycles. The van der Waals surface area contributed by atoms with E-state index in [0.717, 1.165) is 5.39 Å². The average molecular weight is 364 g/mol. The van der Waals surface area contributed by atoms with E-state index in [-0.39, 0.29) is 18.2 Å². The van der Waals surface area contributed by atoms with Gasteiger partial charge in [0, 0.05) is 5.39 Å². The number of hydrogen-bond donors (Lipinski definition) is 1. The molecule has 0 unspecified atom stereocenters. The molecule has 1 aliphatic rings. The zero-order valence-electron chi connectivity index (χ0n) is 14.5. The third kappa shape index (κ3) is 3.15. The lowest BCUT2D eigenvalue weighted by Crippen LogP contribution is -2.47. The van der Waals surface area contributed by atoms with Crippen LogP contribution in [0, 0.1) is 0 Å². The summed E-state index contributed by atoms with van der Waals surface area (Å²) in [5.41, 5.74) is 1.66. The third-order valence-electron chi connectivity index (χ3n) is 4.29. The highest BCUT2D eigenvalue weighted by molar-refractivity contribution is 6.11. The van der Waals surface area contributed by atoms with E-state index < -0.39 is 18.0 Å². The van der Waals surface area contributed by atoms with Crippen molar-refractivity contribution in [3.63, 3.8) is 0 Å². The number of anilines is 2. The number of furan rings is 1. The maximum Gasteiger partial charge on any atom is 0.375 e. The second kappa shape index (κ2) is 6.60. The summed E-state index contributed by atoms with van der Waals surface area (Å²) in [6, 6.07) is 15.7. The second-order valence-electron chi connectivity index (χ2n) is 6.19. The number of para-hydroxylation sites is 3. The van der Waals surface area contributed by atoms with Crippen LogP contribution in [0.1, 0.15) is 17.5 Å². The van der Waals surface area contributed by atoms with Crippen LogP contribution >= 0.6 is 0 Å². The Morgan fingerprint density at radius 3 is 2.70 bits per heavy atom. The Kier molecular flexibility index (Phi) is 4.12. The van der Waals surface area contributed by atoms with Crippen molar-refractivity contribution in [1.29, 1.82) is 0 Å². The first-order chi connectivity index (χ1) is 13.0. The van der Waals surface area contributed by atoms with Gasteiger partial charge in [-0.15, -0.1) is 0 Å². The van der Waals surface area contributed by atoms with Crippen LogP contribution in [0.15, 0.2) is 59.0 Å². The summed E-state index contributed by atoms with van der Waals surface area (Å²) in [4.78, 5) is 38.3. The Morgan fingerprint density at radius 2 is 1.89 bits per heavy atom. The van der Waals surface area contributed by atoms with Gasteiger partial charge in [-0.25, -0.2) is 4.79 Å². The van der Waals surface area contributed by atoms with Crippen LogP contribution in [0.25, 0.3) is 11.0 Å². The molecule has 0 aliphatic carbocycles. The lowest BCUT2D eigenvalue weighted by Gasteiger charge is -2.30. The monoisotopic (exact) mass is 364 g/mol. The number of carbonyl (C=O) groups is 3. The van der Waals surface area contributed by atoms with Crippen LogP contribution in [-0.4, -0.2) is 30.4 Å². The minimum Gasteiger partial charge on any atom is -0.449 e. The highest BCUT2D eigenvalue weighted by Crippen LogP contribution is 2.29. The maximum atomic E-state index is 12.8. The van der Waals surface area contributed by atoms with Crippen molar-refractivity contribution in [2.45, 2.75) is 13.0 Å². The molecule has 3 aromatic rings. The fourth-order valence-electron chi connectivity index (χ4n) is 3.00. The molecule has 0 spiro atoms. The van der Waals surface area contributed by atoms with Gasteiger partial charge in [0.1, 0.15) is 12.1 Å². The number of carbonyl (C=O) groups excluding carboxylic acids is 3. The van der Waals surface area contributed by atoms with Gasteiger partial charge in [-0.1, -0.05) is 30.3 Å². The molecule has 1 atom stereocenters. The van der Waals surface area contributed by atoms with Gasteiger partial charge in [-0.3, -0.25) is 14.5 Å². The number of ether oxygens (including phenoxy) is 1. The normalized spacial score (nSPS) is 14.4. The SMILES string of the molecule is C[C@H](OC(=O)c1cc2ccccc2o1)C(=O)N1CC(=O)Nc2ccccc21. The van der Waals surface area contributed by atoms with Crippen molar-refractivity contribution in [3.8, 4) is 0 Å². The van der Waals surface area contributed by atoms with Crippen LogP contribution in [-0.2, 0) is 14.3 Å². The van der Waals surface area contributed by atoms with Crippen LogP contribution in [0.5, 0.6) is 0 Å². The molecule has 4 rings (SSSR count). The molecule has 136 valence electrons. The van der Waals surface area contributed by atoms with Gasteiger partial charge >= 0.3 is 5.97 Å². The van der Waals surface area contributed by atoms with E-state index >= 15 is 0 Å². The fraction of sp³-hybridized carbons (Fsp3) is 0.150. The smallest absolute Gasteiger partial charge is 0.375 e. The van der Waals surface area contributed by atoms with Gasteiger partial charge in [-0.2, -0.15) is 0 Å². The molecule has 0 saturated carbocycles. The van der Waals surface area contributed by atoms with Crippen molar-refractivity contribution in [2.24, 2.45) is 0 Å². The largest absolute Gasteiger partial charge is 0.449 e. The van der Waals surface area contributed by atoms with Crippen molar-refractivity contribution in [2.75, 3.05) is 16.8 Å². The number of fused-ring (bicyclic) bond motifs is 2. The maximum absolute atomic E-state index is 12.8. The van der Waals surface area contributed by atoms with Crippen molar-refractivity contribution < 1.29 is 23.5 Å². The van der Waals surface area contributed by atoms with Gasteiger partial charge in [0.15, 0.2) is 6.10 Å². The number of hydrogen-bond acceptors (Lipinski definition) is 5. The third-order valence-corrected chi connectivity index (χ3v) is 4.29. The van der Waals surface area contributed by atoms with E-state index in [1.807, 2.05) is 12.1 Å². The number of nitrogens with zero attached hydrogens (tertiary/aromatic N) is 1. The van der Waals surface area contributed by atoms with E-state index in [9.17, 15) is 14.4 Å². The predicted molar refractivity (Wildman–Crippen MR) is 98.5 cm³/mol. The molecule has 0 radical (unpaired) electrons. The Bertz CT molecular complexity index is 1020. The van der Waals surface area contributed by atoms with E-state index in [4.69, 9.17) is 9.15 Å². The standard InChI is InChI=1S/C20H16N2O5/c1-12(26-20(25)17-10-13-6-2-5-9-16(13)27-17)19(24)22-11-18(23)21-14-7-3-4-8-15(14)22/h2-10,12H,11H2,1H3,(H,21,23)/t12-/m0/s1. The molecule has 7 heteroatoms. The van der Waals surface area contributed by atoms with Crippen molar-refractivity contribution in [3.05, 3.63) is 60.4 Å². The highest BCUT2D eigenvalue weighted by atomic mass is 16.6. The molecule has 27 heavy (non-hydrogen) atoms. The molecule has 7 nitrogen and oxygen atoms in total. The van der Waals surface area contributed by atoms with E-state index in [1.54, 1.807) is 42.5 Å². The topological polar surface area (TPSA) is 88.8 Å². The summed E-state index contributed by atoms with van der Waals surface area (Å²) in [5, 5.41) is 3.48. The Balaban J connectivity index is 1.52. The van der Waals surface area contributed by atoms with Crippen LogP contribution in [0.3, 0.4) is 0 Å². The molecule has 1 N–H and O–H groups in total. The lowest BCUT2D eigenvalue weighted by molar-refractivity contribution is -0.128. The lowest BCUT2D eigenvalue weighted by atomic mass is 10.1. The molecule has 0 saturated heterocycles. The summed E-state index contributed by atoms with van der Waals surface area (Å²) in [5.74, 6) is -1.51. The van der Waals surface area contributed by atoms with Crippen molar-refractivity contribution >= 4 is 40.1 Å². The quantitative estimate of drug-likeness (QED) is 0.722. The average Bonchev–Trinajstić information content (AvgIpc) is 3.11. The van der Waals surface area contributed by atoms with Crippen LogP contribution < -0.4 is 10.2 Å². The summed E-state index contributed by atoms with van der Waals surface area (Å²) in [6.07, 6.45) is -1.08. The first kappa shape index (κ1) is 16.8. The molecule has 2 amide bonds. The molecular weight excluding hydrogens is 348 g/mol. The summed E-state index contributed by atoms with van der Waals surface area (Å²) in [7, 11) is 0. The zero-order chi connectivity index (χ0) is 19.0. The predicted octanol–water partition coefficient (Wildman–Crippen LogP) is 2.96. The molecular formula is C20H16N2O5. The minimum absolute atomic E-state index is 0.0210. The first-order valence-electron chi connectivity index (χ1n) is 8.43. The van der Waals surface area contributed by atoms with Crippen LogP contribution in [0.2, 0.25) is 0 Å². The van der Waals surface area contributed by atoms with E-state index in [1.165, 1.54) is 11.8 Å². The van der Waals surface area contributed by atoms with Crippen LogP contribution in [0.4, 0.5) is 11.4 Å². The van der Waals surface area contributed by atoms with Crippen molar-refractivity contribution in [1.82, 2.24) is 0 Å². The zero-order valence-corrected chi connectivity index (χ0v) is 14.5. The Morgan fingerprint density at radius 1 is 1.15 bits per heavy atom. The summed E-state index contributed by atoms with van der Waals surface area (Å²) < 4.78 is 10.7. The highest BCUT2D eigenvalue weighted by Gasteiger charge is 2.32. The van der Waals surface area contributed by atoms with Gasteiger partial charge < -0.3 is 14.5 Å². The van der Waals surface area contributed by atoms with Gasteiger partial charge in [-0.05, 0) is 31.2 Å². The number of esters is 1. The number of benzene rings is 2. The number of rotatable bonds is 3. The van der Waals surface area contributed by atoms with E-state index in [0.29, 0.717) is 17.0 Å². The van der Waals surface area contributed by atoms with Gasteiger partial charge in [0.2, 0.25) is 11.7 Å². The molecule has 2 heterocycles. The minimum atomic E-state index is -1.08. The molecule has 0 fully saturated rings.